The number of rotatable bonds is 9. The Morgan fingerprint density at radius 1 is 1.31 bits per heavy atom. The zero-order valence-corrected chi connectivity index (χ0v) is 24.0. The molecule has 2 aromatic heterocycles. The molecule has 1 unspecified atom stereocenters. The molecule has 1 amide bonds. The number of aromatic nitrogens is 2. The first kappa shape index (κ1) is 27.7. The molecule has 13 heteroatoms. The number of benzene rings is 2. The van der Waals surface area contributed by atoms with E-state index in [4.69, 9.17) is 31.9 Å². The third kappa shape index (κ3) is 4.94. The standard InChI is InChI=1S/C29H31FN8O3S/c1-29(38(33)14-35-32)13-41-26-20(29)11-21(36-24(26)16-5-7-18(30)8-6-16)19(15-3-4-15)12-34-27(39)17-9-22(40-2)25-23(10-17)42-28(31)37-25/h5-11,14-15,19H,3-4,12-13,32-33H2,1-2H3,(H2,31,37)(H,34,39)/b35-14-/t19?,29-/m0/s1. The molecule has 218 valence electrons. The highest BCUT2D eigenvalue weighted by Crippen LogP contribution is 2.48. The molecule has 3 heterocycles. The van der Waals surface area contributed by atoms with Gasteiger partial charge in [0.1, 0.15) is 41.3 Å². The number of hydrogen-bond acceptors (Lipinski definition) is 10. The van der Waals surface area contributed by atoms with Crippen molar-refractivity contribution in [2.45, 2.75) is 31.2 Å². The minimum absolute atomic E-state index is 0.0811. The van der Waals surface area contributed by atoms with Crippen molar-refractivity contribution >= 4 is 38.9 Å². The van der Waals surface area contributed by atoms with Gasteiger partial charge in [0.25, 0.3) is 5.91 Å². The van der Waals surface area contributed by atoms with Gasteiger partial charge in [0.15, 0.2) is 10.9 Å². The Labute approximate surface area is 245 Å². The van der Waals surface area contributed by atoms with E-state index in [0.717, 1.165) is 28.8 Å². The number of methoxy groups -OCH3 is 1. The van der Waals surface area contributed by atoms with Crippen LogP contribution in [0, 0.1) is 11.7 Å². The second-order valence-corrected chi connectivity index (χ2v) is 11.8. The number of thiazole rings is 1. The van der Waals surface area contributed by atoms with Gasteiger partial charge in [-0.3, -0.25) is 9.80 Å². The van der Waals surface area contributed by atoms with Crippen molar-refractivity contribution in [1.82, 2.24) is 20.3 Å². The van der Waals surface area contributed by atoms with E-state index in [1.165, 1.54) is 41.9 Å². The third-order valence-electron chi connectivity index (χ3n) is 7.96. The molecule has 4 aromatic rings. The van der Waals surface area contributed by atoms with Crippen molar-refractivity contribution in [2.24, 2.45) is 22.7 Å². The molecular weight excluding hydrogens is 559 g/mol. The number of carbonyl (C=O) groups excluding carboxylic acids is 1. The summed E-state index contributed by atoms with van der Waals surface area (Å²) in [5, 5.41) is 8.52. The zero-order valence-electron chi connectivity index (χ0n) is 23.1. The summed E-state index contributed by atoms with van der Waals surface area (Å²) >= 11 is 1.30. The highest BCUT2D eigenvalue weighted by atomic mass is 32.1. The summed E-state index contributed by atoms with van der Waals surface area (Å²) < 4.78 is 26.2. The van der Waals surface area contributed by atoms with Gasteiger partial charge in [0.05, 0.1) is 11.8 Å². The molecule has 6 rings (SSSR count). The van der Waals surface area contributed by atoms with Gasteiger partial charge in [-0.15, -0.1) is 0 Å². The van der Waals surface area contributed by atoms with Crippen LogP contribution in [0.5, 0.6) is 11.5 Å². The van der Waals surface area contributed by atoms with Gasteiger partial charge in [-0.2, -0.15) is 5.10 Å². The van der Waals surface area contributed by atoms with Crippen LogP contribution in [-0.4, -0.2) is 47.5 Å². The van der Waals surface area contributed by atoms with Crippen LogP contribution in [0.25, 0.3) is 21.5 Å². The fourth-order valence-electron chi connectivity index (χ4n) is 5.41. The summed E-state index contributed by atoms with van der Waals surface area (Å²) in [6.45, 7) is 2.53. The molecule has 1 aliphatic heterocycles. The van der Waals surface area contributed by atoms with E-state index in [9.17, 15) is 9.18 Å². The summed E-state index contributed by atoms with van der Waals surface area (Å²) in [4.78, 5) is 22.7. The molecule has 2 aliphatic rings. The van der Waals surface area contributed by atoms with E-state index in [2.05, 4.69) is 15.4 Å². The number of hydrogen-bond donors (Lipinski definition) is 4. The van der Waals surface area contributed by atoms with Crippen molar-refractivity contribution in [3.63, 3.8) is 0 Å². The summed E-state index contributed by atoms with van der Waals surface area (Å²) in [5.74, 6) is 12.5. The molecule has 1 saturated carbocycles. The Hall–Kier alpha value is -4.49. The molecule has 0 saturated heterocycles. The van der Waals surface area contributed by atoms with Gasteiger partial charge in [-0.1, -0.05) is 11.3 Å². The molecule has 11 nitrogen and oxygen atoms in total. The smallest absolute Gasteiger partial charge is 0.251 e. The van der Waals surface area contributed by atoms with Crippen LogP contribution >= 0.6 is 11.3 Å². The van der Waals surface area contributed by atoms with E-state index < -0.39 is 5.54 Å². The van der Waals surface area contributed by atoms with Crippen molar-refractivity contribution in [2.75, 3.05) is 26.0 Å². The van der Waals surface area contributed by atoms with Gasteiger partial charge < -0.3 is 26.4 Å². The number of halogens is 1. The number of hydrazine groups is 1. The Morgan fingerprint density at radius 2 is 2.07 bits per heavy atom. The van der Waals surface area contributed by atoms with Crippen LogP contribution in [-0.2, 0) is 5.54 Å². The van der Waals surface area contributed by atoms with Gasteiger partial charge in [0.2, 0.25) is 0 Å². The maximum atomic E-state index is 13.8. The van der Waals surface area contributed by atoms with E-state index in [0.29, 0.717) is 51.4 Å². The summed E-state index contributed by atoms with van der Waals surface area (Å²) in [7, 11) is 1.53. The maximum Gasteiger partial charge on any atom is 0.251 e. The first-order chi connectivity index (χ1) is 20.2. The topological polar surface area (TPSA) is 167 Å². The van der Waals surface area contributed by atoms with Gasteiger partial charge >= 0.3 is 0 Å². The highest BCUT2D eigenvalue weighted by molar-refractivity contribution is 7.22. The molecule has 0 spiro atoms. The number of nitrogens with one attached hydrogen (secondary N) is 1. The number of nitrogen functional groups attached to an aromatic ring is 1. The number of fused-ring (bicyclic) bond motifs is 2. The van der Waals surface area contributed by atoms with E-state index in [1.807, 2.05) is 13.0 Å². The first-order valence-corrected chi connectivity index (χ1v) is 14.3. The second kappa shape index (κ2) is 10.7. The predicted octanol–water partition coefficient (Wildman–Crippen LogP) is 3.70. The van der Waals surface area contributed by atoms with Crippen molar-refractivity contribution in [3.05, 3.63) is 65.1 Å². The lowest BCUT2D eigenvalue weighted by Gasteiger charge is -2.32. The number of anilines is 1. The van der Waals surface area contributed by atoms with Crippen LogP contribution < -0.4 is 32.2 Å². The van der Waals surface area contributed by atoms with Crippen molar-refractivity contribution in [3.8, 4) is 22.8 Å². The quantitative estimate of drug-likeness (QED) is 0.0983. The number of hydrazone groups is 1. The Bertz CT molecular complexity index is 1690. The lowest BCUT2D eigenvalue weighted by atomic mass is 9.89. The van der Waals surface area contributed by atoms with Crippen LogP contribution in [0.1, 0.15) is 47.3 Å². The molecule has 2 aromatic carbocycles. The van der Waals surface area contributed by atoms with Crippen LogP contribution in [0.15, 0.2) is 47.6 Å². The monoisotopic (exact) mass is 590 g/mol. The van der Waals surface area contributed by atoms with E-state index in [-0.39, 0.29) is 24.2 Å². The lowest BCUT2D eigenvalue weighted by molar-refractivity contribution is 0.0950. The van der Waals surface area contributed by atoms with E-state index >= 15 is 0 Å². The van der Waals surface area contributed by atoms with Gasteiger partial charge in [-0.25, -0.2) is 20.2 Å². The Balaban J connectivity index is 1.36. The van der Waals surface area contributed by atoms with Gasteiger partial charge in [0, 0.05) is 34.8 Å². The molecule has 42 heavy (non-hydrogen) atoms. The predicted molar refractivity (Wildman–Crippen MR) is 160 cm³/mol. The Morgan fingerprint density at radius 3 is 2.76 bits per heavy atom. The molecule has 2 atom stereocenters. The molecule has 0 bridgehead atoms. The van der Waals surface area contributed by atoms with Crippen molar-refractivity contribution in [1.29, 1.82) is 0 Å². The highest BCUT2D eigenvalue weighted by Gasteiger charge is 2.44. The summed E-state index contributed by atoms with van der Waals surface area (Å²) in [5.41, 5.74) is 9.07. The fraction of sp³-hybridized carbons (Fsp3) is 0.310. The van der Waals surface area contributed by atoms with Crippen LogP contribution in [0.4, 0.5) is 9.52 Å². The number of nitrogens with zero attached hydrogens (tertiary/aromatic N) is 4. The summed E-state index contributed by atoms with van der Waals surface area (Å²) in [6, 6.07) is 11.6. The number of carbonyl (C=O) groups is 1. The molecule has 0 radical (unpaired) electrons. The Kier molecular flexibility index (Phi) is 7.07. The average Bonchev–Trinajstić information content (AvgIpc) is 3.66. The minimum Gasteiger partial charge on any atom is -0.494 e. The fourth-order valence-corrected chi connectivity index (χ4v) is 6.21. The summed E-state index contributed by atoms with van der Waals surface area (Å²) in [6.07, 6.45) is 3.37. The van der Waals surface area contributed by atoms with Gasteiger partial charge in [-0.05, 0) is 68.1 Å². The largest absolute Gasteiger partial charge is 0.494 e. The molecular formula is C29H31FN8O3S. The molecule has 7 N–H and O–H groups in total. The minimum atomic E-state index is -0.787. The first-order valence-electron chi connectivity index (χ1n) is 13.5. The average molecular weight is 591 g/mol. The van der Waals surface area contributed by atoms with E-state index in [1.54, 1.807) is 24.3 Å². The lowest BCUT2D eigenvalue weighted by Crippen LogP contribution is -2.49. The third-order valence-corrected chi connectivity index (χ3v) is 8.79. The maximum absolute atomic E-state index is 13.8. The van der Waals surface area contributed by atoms with Crippen LogP contribution in [0.3, 0.4) is 0 Å². The number of ether oxygens (including phenoxy) is 2. The number of amides is 1. The normalized spacial score (nSPS) is 18.6. The SMILES string of the molecule is COc1cc(C(=O)NCC(c2cc3c(c(-c4ccc(F)cc4)n2)OC[C@]3(C)N(N)/C=N\N)C2CC2)cc2sc(N)nc12. The molecule has 1 aliphatic carbocycles. The van der Waals surface area contributed by atoms with Crippen molar-refractivity contribution < 1.29 is 18.7 Å². The van der Waals surface area contributed by atoms with Crippen LogP contribution in [0.2, 0.25) is 0 Å². The second-order valence-electron chi connectivity index (χ2n) is 10.7. The zero-order chi connectivity index (χ0) is 29.6. The number of pyridine rings is 1. The molecule has 1 fully saturated rings. The number of nitrogens with two attached hydrogens (primary N) is 3.